The average Bonchev–Trinajstić information content (AvgIpc) is 3.47. The first-order valence-corrected chi connectivity index (χ1v) is 13.0. The van der Waals surface area contributed by atoms with Gasteiger partial charge in [0.1, 0.15) is 0 Å². The zero-order valence-electron chi connectivity index (χ0n) is 19.0. The summed E-state index contributed by atoms with van der Waals surface area (Å²) in [5.74, 6) is 2.87. The fourth-order valence-corrected chi connectivity index (χ4v) is 9.14. The van der Waals surface area contributed by atoms with Crippen LogP contribution in [0.5, 0.6) is 0 Å². The molecule has 2 saturated carbocycles. The summed E-state index contributed by atoms with van der Waals surface area (Å²) in [5.41, 5.74) is 4.48. The molecule has 2 nitrogen and oxygen atoms in total. The maximum Gasteiger partial charge on any atom is 0.0247 e. The second-order valence-electron chi connectivity index (χ2n) is 11.9. The van der Waals surface area contributed by atoms with Gasteiger partial charge >= 0.3 is 0 Å². The van der Waals surface area contributed by atoms with Crippen molar-refractivity contribution in [3.05, 3.63) is 23.4 Å². The molecule has 0 spiro atoms. The first-order chi connectivity index (χ1) is 14.1. The summed E-state index contributed by atoms with van der Waals surface area (Å²) in [6, 6.07) is 0.746. The van der Waals surface area contributed by atoms with Crippen LogP contribution in [0.25, 0.3) is 0 Å². The molecule has 0 aromatic carbocycles. The summed E-state index contributed by atoms with van der Waals surface area (Å²) in [7, 11) is 0. The van der Waals surface area contributed by atoms with Gasteiger partial charge in [-0.15, -0.1) is 0 Å². The summed E-state index contributed by atoms with van der Waals surface area (Å²) < 4.78 is 0. The molecule has 0 radical (unpaired) electrons. The number of rotatable bonds is 2. The van der Waals surface area contributed by atoms with Gasteiger partial charge in [-0.2, -0.15) is 0 Å². The van der Waals surface area contributed by atoms with Crippen LogP contribution in [0.15, 0.2) is 23.4 Å². The van der Waals surface area contributed by atoms with Crippen LogP contribution in [-0.2, 0) is 0 Å². The minimum Gasteiger partial charge on any atom is -0.375 e. The molecule has 1 unspecified atom stereocenters. The predicted molar refractivity (Wildman–Crippen MR) is 121 cm³/mol. The minimum absolute atomic E-state index is 0.389. The maximum atomic E-state index is 2.93. The lowest BCUT2D eigenvalue weighted by Crippen LogP contribution is -2.58. The van der Waals surface area contributed by atoms with Gasteiger partial charge < -0.3 is 4.90 Å². The van der Waals surface area contributed by atoms with Gasteiger partial charge in [-0.3, -0.25) is 4.90 Å². The van der Waals surface area contributed by atoms with Crippen molar-refractivity contribution in [1.82, 2.24) is 9.80 Å². The number of hydrogen-bond donors (Lipinski definition) is 0. The van der Waals surface area contributed by atoms with Crippen LogP contribution < -0.4 is 0 Å². The highest BCUT2D eigenvalue weighted by molar-refractivity contribution is 5.40. The van der Waals surface area contributed by atoms with Gasteiger partial charge in [-0.25, -0.2) is 0 Å². The molecule has 2 aliphatic heterocycles. The Balaban J connectivity index is 1.40. The van der Waals surface area contributed by atoms with Crippen LogP contribution in [0.4, 0.5) is 0 Å². The normalized spacial score (nSPS) is 47.4. The molecule has 160 valence electrons. The predicted octanol–water partition coefficient (Wildman–Crippen LogP) is 6.00. The van der Waals surface area contributed by atoms with Crippen LogP contribution in [0, 0.1) is 28.6 Å². The third-order valence-electron chi connectivity index (χ3n) is 10.7. The molecule has 2 heteroatoms. The van der Waals surface area contributed by atoms with Gasteiger partial charge in [0, 0.05) is 36.7 Å². The van der Waals surface area contributed by atoms with Gasteiger partial charge in [0.25, 0.3) is 0 Å². The molecule has 0 aromatic heterocycles. The largest absolute Gasteiger partial charge is 0.375 e. The standard InChI is InChI=1S/C27H42N2/c1-26-12-7-8-23(26)22-10-9-20-18-21(28-14-3-4-15-28)19-25(29-16-5-6-17-29)27(20,2)24(22)11-13-26/h9,18,22-25H,3-8,10-17,19H2,1-2H3/t22-,23-,24-,25?,26-,27-/m0/s1. The Bertz CT molecular complexity index is 710. The Morgan fingerprint density at radius 2 is 1.62 bits per heavy atom. The fourth-order valence-electron chi connectivity index (χ4n) is 9.14. The van der Waals surface area contributed by atoms with E-state index in [9.17, 15) is 0 Å². The fraction of sp³-hybridized carbons (Fsp3) is 0.852. The molecule has 4 fully saturated rings. The summed E-state index contributed by atoms with van der Waals surface area (Å²) in [6.45, 7) is 10.7. The van der Waals surface area contributed by atoms with Crippen LogP contribution >= 0.6 is 0 Å². The molecule has 0 aromatic rings. The zero-order valence-corrected chi connectivity index (χ0v) is 19.0. The summed E-state index contributed by atoms with van der Waals surface area (Å²) in [6.07, 6.45) is 21.2. The van der Waals surface area contributed by atoms with E-state index in [4.69, 9.17) is 0 Å². The van der Waals surface area contributed by atoms with Crippen molar-refractivity contribution >= 4 is 0 Å². The van der Waals surface area contributed by atoms with E-state index in [-0.39, 0.29) is 0 Å². The lowest BCUT2D eigenvalue weighted by atomic mass is 9.47. The van der Waals surface area contributed by atoms with E-state index in [2.05, 4.69) is 35.8 Å². The second-order valence-corrected chi connectivity index (χ2v) is 11.9. The smallest absolute Gasteiger partial charge is 0.0247 e. The zero-order chi connectivity index (χ0) is 19.6. The molecular weight excluding hydrogens is 352 g/mol. The van der Waals surface area contributed by atoms with Crippen LogP contribution in [0.1, 0.15) is 84.5 Å². The van der Waals surface area contributed by atoms with Crippen LogP contribution in [0.3, 0.4) is 0 Å². The van der Waals surface area contributed by atoms with E-state index in [1.807, 2.05) is 0 Å². The minimum atomic E-state index is 0.389. The molecule has 2 heterocycles. The molecule has 0 N–H and O–H groups in total. The van der Waals surface area contributed by atoms with Crippen molar-refractivity contribution in [2.24, 2.45) is 28.6 Å². The summed E-state index contributed by atoms with van der Waals surface area (Å²) in [4.78, 5) is 5.67. The number of nitrogens with zero attached hydrogens (tertiary/aromatic N) is 2. The molecule has 6 rings (SSSR count). The summed E-state index contributed by atoms with van der Waals surface area (Å²) in [5, 5.41) is 0. The third kappa shape index (κ3) is 2.76. The van der Waals surface area contributed by atoms with E-state index in [1.54, 1.807) is 11.3 Å². The van der Waals surface area contributed by atoms with Gasteiger partial charge in [0.15, 0.2) is 0 Å². The van der Waals surface area contributed by atoms with Crippen molar-refractivity contribution < 1.29 is 0 Å². The molecule has 0 amide bonds. The van der Waals surface area contributed by atoms with E-state index in [0.29, 0.717) is 10.8 Å². The molecule has 6 atom stereocenters. The number of likely N-dealkylation sites (tertiary alicyclic amines) is 2. The second kappa shape index (κ2) is 6.87. The quantitative estimate of drug-likeness (QED) is 0.566. The summed E-state index contributed by atoms with van der Waals surface area (Å²) >= 11 is 0. The Kier molecular flexibility index (Phi) is 4.49. The highest BCUT2D eigenvalue weighted by Gasteiger charge is 2.58. The van der Waals surface area contributed by atoms with E-state index in [0.717, 1.165) is 23.8 Å². The molecule has 4 aliphatic carbocycles. The van der Waals surface area contributed by atoms with Crippen molar-refractivity contribution in [1.29, 1.82) is 0 Å². The Morgan fingerprint density at radius 3 is 2.41 bits per heavy atom. The highest BCUT2D eigenvalue weighted by Crippen LogP contribution is 2.65. The molecule has 29 heavy (non-hydrogen) atoms. The number of allylic oxidation sites excluding steroid dienone is 2. The van der Waals surface area contributed by atoms with Gasteiger partial charge in [0.05, 0.1) is 0 Å². The van der Waals surface area contributed by atoms with Gasteiger partial charge in [0.2, 0.25) is 0 Å². The topological polar surface area (TPSA) is 6.48 Å². The van der Waals surface area contributed by atoms with Crippen LogP contribution in [0.2, 0.25) is 0 Å². The van der Waals surface area contributed by atoms with Crippen molar-refractivity contribution in [2.45, 2.75) is 90.5 Å². The Labute approximate surface area is 178 Å². The SMILES string of the molecule is C[C@@]12CCC[C@H]1[C@@H]1CC=C3C=C(N4CCCC4)CC(N4CCCC4)[C@]3(C)[C@H]1CC2. The van der Waals surface area contributed by atoms with E-state index in [1.165, 1.54) is 96.8 Å². The lowest BCUT2D eigenvalue weighted by Gasteiger charge is -2.60. The first-order valence-electron chi connectivity index (χ1n) is 13.0. The van der Waals surface area contributed by atoms with E-state index < -0.39 is 0 Å². The molecule has 6 aliphatic rings. The van der Waals surface area contributed by atoms with Gasteiger partial charge in [-0.05, 0) is 106 Å². The van der Waals surface area contributed by atoms with Crippen molar-refractivity contribution in [2.75, 3.05) is 26.2 Å². The third-order valence-corrected chi connectivity index (χ3v) is 10.7. The van der Waals surface area contributed by atoms with Gasteiger partial charge in [-0.1, -0.05) is 26.3 Å². The molecular formula is C27H42N2. The number of hydrogen-bond acceptors (Lipinski definition) is 2. The Hall–Kier alpha value is -0.760. The maximum absolute atomic E-state index is 2.93. The Morgan fingerprint density at radius 1 is 0.862 bits per heavy atom. The van der Waals surface area contributed by atoms with Crippen molar-refractivity contribution in [3.8, 4) is 0 Å². The average molecular weight is 395 g/mol. The van der Waals surface area contributed by atoms with Crippen molar-refractivity contribution in [3.63, 3.8) is 0 Å². The first kappa shape index (κ1) is 19.0. The number of fused-ring (bicyclic) bond motifs is 5. The monoisotopic (exact) mass is 394 g/mol. The molecule has 0 bridgehead atoms. The molecule has 2 saturated heterocycles. The van der Waals surface area contributed by atoms with E-state index >= 15 is 0 Å². The highest BCUT2D eigenvalue weighted by atomic mass is 15.2. The lowest BCUT2D eigenvalue weighted by molar-refractivity contribution is -0.0513. The van der Waals surface area contributed by atoms with Crippen LogP contribution in [-0.4, -0.2) is 42.0 Å².